The van der Waals surface area contributed by atoms with Gasteiger partial charge in [-0.15, -0.1) is 0 Å². The van der Waals surface area contributed by atoms with Gasteiger partial charge < -0.3 is 4.57 Å². The summed E-state index contributed by atoms with van der Waals surface area (Å²) in [7, 11) is -2.34. The number of rotatable bonds is 3. The van der Waals surface area contributed by atoms with Gasteiger partial charge in [0.05, 0.1) is 10.7 Å². The summed E-state index contributed by atoms with van der Waals surface area (Å²) in [6.07, 6.45) is 2.46. The first-order chi connectivity index (χ1) is 9.29. The average molecular weight is 334 g/mol. The van der Waals surface area contributed by atoms with E-state index in [1.54, 1.807) is 0 Å². The van der Waals surface area contributed by atoms with Gasteiger partial charge in [-0.25, -0.2) is 13.4 Å². The van der Waals surface area contributed by atoms with Gasteiger partial charge in [-0.1, -0.05) is 23.2 Å². The lowest BCUT2D eigenvalue weighted by atomic mass is 10.4. The lowest BCUT2D eigenvalue weighted by Crippen LogP contribution is -2.18. The summed E-state index contributed by atoms with van der Waals surface area (Å²) < 4.78 is 27.8. The number of hydrogen-bond acceptors (Lipinski definition) is 4. The molecule has 0 aromatic carbocycles. The monoisotopic (exact) mass is 333 g/mol. The largest absolute Gasteiger partial charge is 0.316 e. The normalized spacial score (nSPS) is 11.3. The predicted octanol–water partition coefficient (Wildman–Crippen LogP) is 1.89. The van der Waals surface area contributed by atoms with Crippen LogP contribution in [-0.2, 0) is 17.1 Å². The van der Waals surface area contributed by atoms with Gasteiger partial charge >= 0.3 is 0 Å². The number of sulfonamides is 1. The quantitative estimate of drug-likeness (QED) is 0.869. The number of nitrogens with zero attached hydrogens (tertiary/aromatic N) is 2. The second-order valence-electron chi connectivity index (χ2n) is 3.92. The molecule has 0 amide bonds. The number of anilines is 1. The highest BCUT2D eigenvalue weighted by molar-refractivity contribution is 7.92. The minimum atomic E-state index is -3.85. The van der Waals surface area contributed by atoms with E-state index in [-0.39, 0.29) is 26.3 Å². The van der Waals surface area contributed by atoms with E-state index in [4.69, 9.17) is 23.2 Å². The highest BCUT2D eigenvalue weighted by Gasteiger charge is 2.16. The van der Waals surface area contributed by atoms with Gasteiger partial charge in [0.25, 0.3) is 10.0 Å². The molecule has 0 bridgehead atoms. The summed E-state index contributed by atoms with van der Waals surface area (Å²) in [6.45, 7) is 0. The molecule has 1 N–H and O–H groups in total. The fraction of sp³-hybridized carbons (Fsp3) is 0.0909. The molecule has 20 heavy (non-hydrogen) atoms. The van der Waals surface area contributed by atoms with Crippen molar-refractivity contribution in [1.82, 2.24) is 9.55 Å². The van der Waals surface area contributed by atoms with Crippen molar-refractivity contribution < 1.29 is 8.42 Å². The Kier molecular flexibility index (Phi) is 4.03. The van der Waals surface area contributed by atoms with Crippen molar-refractivity contribution >= 4 is 38.9 Å². The highest BCUT2D eigenvalue weighted by atomic mass is 35.5. The van der Waals surface area contributed by atoms with Crippen LogP contribution in [0.2, 0.25) is 10.2 Å². The Hall–Kier alpha value is -1.57. The number of nitrogens with one attached hydrogen (secondary N) is 1. The van der Waals surface area contributed by atoms with Crippen LogP contribution < -0.4 is 10.3 Å². The molecule has 0 radical (unpaired) electrons. The van der Waals surface area contributed by atoms with Crippen molar-refractivity contribution in [3.05, 3.63) is 51.1 Å². The van der Waals surface area contributed by atoms with Crippen molar-refractivity contribution in [2.75, 3.05) is 4.72 Å². The van der Waals surface area contributed by atoms with Gasteiger partial charge in [0.2, 0.25) is 5.56 Å². The molecule has 2 heterocycles. The molecule has 9 heteroatoms. The zero-order valence-corrected chi connectivity index (χ0v) is 12.5. The van der Waals surface area contributed by atoms with Crippen LogP contribution in [0.4, 0.5) is 5.69 Å². The number of pyridine rings is 2. The second kappa shape index (κ2) is 5.43. The highest BCUT2D eigenvalue weighted by Crippen LogP contribution is 2.23. The van der Waals surface area contributed by atoms with Gasteiger partial charge in [0.15, 0.2) is 0 Å². The Balaban J connectivity index is 2.37. The maximum atomic E-state index is 12.1. The van der Waals surface area contributed by atoms with E-state index in [1.807, 2.05) is 0 Å². The summed E-state index contributed by atoms with van der Waals surface area (Å²) >= 11 is 11.4. The molecule has 0 aliphatic rings. The third kappa shape index (κ3) is 3.12. The smallest absolute Gasteiger partial charge is 0.263 e. The van der Waals surface area contributed by atoms with E-state index in [0.717, 1.165) is 6.20 Å². The molecule has 2 aromatic rings. The molecule has 0 aliphatic carbocycles. The first kappa shape index (κ1) is 14.8. The minimum absolute atomic E-state index is 0.0210. The van der Waals surface area contributed by atoms with Crippen LogP contribution in [0.25, 0.3) is 0 Å². The van der Waals surface area contributed by atoms with Crippen LogP contribution in [-0.4, -0.2) is 18.0 Å². The predicted molar refractivity (Wildman–Crippen MR) is 76.7 cm³/mol. The van der Waals surface area contributed by atoms with Crippen LogP contribution in [0.3, 0.4) is 0 Å². The van der Waals surface area contributed by atoms with Crippen LogP contribution in [0.15, 0.2) is 40.3 Å². The van der Waals surface area contributed by atoms with Crippen LogP contribution in [0, 0.1) is 0 Å². The third-order valence-electron chi connectivity index (χ3n) is 2.42. The van der Waals surface area contributed by atoms with E-state index in [0.29, 0.717) is 0 Å². The fourth-order valence-corrected chi connectivity index (χ4v) is 2.77. The third-order valence-corrected chi connectivity index (χ3v) is 4.45. The lowest BCUT2D eigenvalue weighted by Gasteiger charge is -2.09. The topological polar surface area (TPSA) is 81.1 Å². The minimum Gasteiger partial charge on any atom is -0.316 e. The van der Waals surface area contributed by atoms with Crippen molar-refractivity contribution in [2.24, 2.45) is 7.05 Å². The summed E-state index contributed by atoms with van der Waals surface area (Å²) in [5.41, 5.74) is 0.00215. The number of aromatic nitrogens is 2. The molecule has 2 rings (SSSR count). The Bertz CT molecular complexity index is 818. The molecule has 0 unspecified atom stereocenters. The average Bonchev–Trinajstić information content (AvgIpc) is 2.37. The number of hydrogen-bond donors (Lipinski definition) is 1. The standard InChI is InChI=1S/C11H9Cl2N3O3S/c1-16-6-7(2-3-10(16)17)15-20(18,19)8-4-9(12)11(13)14-5-8/h2-6,15H,1H3. The molecular formula is C11H9Cl2N3O3S. The second-order valence-corrected chi connectivity index (χ2v) is 6.36. The van der Waals surface area contributed by atoms with Crippen molar-refractivity contribution in [1.29, 1.82) is 0 Å². The molecule has 0 saturated carbocycles. The van der Waals surface area contributed by atoms with Crippen LogP contribution in [0.1, 0.15) is 0 Å². The Morgan fingerprint density at radius 3 is 2.60 bits per heavy atom. The van der Waals surface area contributed by atoms with Crippen LogP contribution >= 0.6 is 23.2 Å². The Morgan fingerprint density at radius 1 is 1.30 bits per heavy atom. The molecular weight excluding hydrogens is 325 g/mol. The van der Waals surface area contributed by atoms with E-state index in [2.05, 4.69) is 9.71 Å². The summed E-state index contributed by atoms with van der Waals surface area (Å²) in [4.78, 5) is 14.8. The van der Waals surface area contributed by atoms with Gasteiger partial charge in [-0.2, -0.15) is 0 Å². The van der Waals surface area contributed by atoms with Crippen molar-refractivity contribution in [2.45, 2.75) is 4.90 Å². The van der Waals surface area contributed by atoms with E-state index >= 15 is 0 Å². The molecule has 0 aliphatic heterocycles. The Morgan fingerprint density at radius 2 is 2.00 bits per heavy atom. The zero-order valence-electron chi connectivity index (χ0n) is 10.2. The van der Waals surface area contributed by atoms with Gasteiger partial charge in [-0.3, -0.25) is 9.52 Å². The van der Waals surface area contributed by atoms with E-state index < -0.39 is 10.0 Å². The molecule has 2 aromatic heterocycles. The van der Waals surface area contributed by atoms with E-state index in [1.165, 1.54) is 36.0 Å². The molecule has 6 nitrogen and oxygen atoms in total. The summed E-state index contributed by atoms with van der Waals surface area (Å²) in [5.74, 6) is 0. The van der Waals surface area contributed by atoms with Crippen LogP contribution in [0.5, 0.6) is 0 Å². The zero-order chi connectivity index (χ0) is 14.9. The van der Waals surface area contributed by atoms with Gasteiger partial charge in [0.1, 0.15) is 10.0 Å². The summed E-state index contributed by atoms with van der Waals surface area (Å²) in [6, 6.07) is 3.82. The molecule has 0 saturated heterocycles. The molecule has 106 valence electrons. The molecule has 0 atom stereocenters. The summed E-state index contributed by atoms with van der Waals surface area (Å²) in [5, 5.41) is 0.0581. The lowest BCUT2D eigenvalue weighted by molar-refractivity contribution is 0.600. The molecule has 0 spiro atoms. The van der Waals surface area contributed by atoms with Crippen molar-refractivity contribution in [3.8, 4) is 0 Å². The maximum Gasteiger partial charge on any atom is 0.263 e. The first-order valence-corrected chi connectivity index (χ1v) is 7.54. The van der Waals surface area contributed by atoms with Crippen molar-refractivity contribution in [3.63, 3.8) is 0 Å². The number of halogens is 2. The van der Waals surface area contributed by atoms with Gasteiger partial charge in [0, 0.05) is 25.5 Å². The molecule has 0 fully saturated rings. The maximum absolute atomic E-state index is 12.1. The SMILES string of the molecule is Cn1cc(NS(=O)(=O)c2cnc(Cl)c(Cl)c2)ccc1=O. The Labute approximate surface area is 125 Å². The van der Waals surface area contributed by atoms with Gasteiger partial charge in [-0.05, 0) is 12.1 Å². The number of aryl methyl sites for hydroxylation is 1. The van der Waals surface area contributed by atoms with E-state index in [9.17, 15) is 13.2 Å². The first-order valence-electron chi connectivity index (χ1n) is 5.30. The fourth-order valence-electron chi connectivity index (χ4n) is 1.42.